The first-order chi connectivity index (χ1) is 27.2. The molecule has 0 spiro atoms. The van der Waals surface area contributed by atoms with Crippen molar-refractivity contribution in [3.05, 3.63) is 161 Å². The Morgan fingerprint density at radius 1 is 0.786 bits per heavy atom. The Hall–Kier alpha value is -4.72. The van der Waals surface area contributed by atoms with Gasteiger partial charge in [0, 0.05) is 38.2 Å². The van der Waals surface area contributed by atoms with E-state index in [1.165, 1.54) is 0 Å². The van der Waals surface area contributed by atoms with Gasteiger partial charge in [0.15, 0.2) is 6.29 Å². The number of aliphatic hydroxyl groups is 1. The maximum Gasteiger partial charge on any atom is 0.241 e. The van der Waals surface area contributed by atoms with Gasteiger partial charge in [-0.25, -0.2) is 8.42 Å². The van der Waals surface area contributed by atoms with Crippen LogP contribution in [0.5, 0.6) is 0 Å². The summed E-state index contributed by atoms with van der Waals surface area (Å²) >= 11 is 0. The lowest BCUT2D eigenvalue weighted by molar-refractivity contribution is -0.253. The van der Waals surface area contributed by atoms with E-state index >= 15 is 0 Å². The van der Waals surface area contributed by atoms with Gasteiger partial charge >= 0.3 is 0 Å². The van der Waals surface area contributed by atoms with Crippen molar-refractivity contribution in [2.24, 2.45) is 0 Å². The summed E-state index contributed by atoms with van der Waals surface area (Å²) in [5.74, 6) is -0.415. The topological polar surface area (TPSA) is 126 Å². The molecule has 10 nitrogen and oxygen atoms in total. The number of carbonyl (C=O) groups is 1. The van der Waals surface area contributed by atoms with Crippen LogP contribution in [-0.2, 0) is 48.6 Å². The largest absolute Gasteiger partial charge is 0.392 e. The van der Waals surface area contributed by atoms with Crippen LogP contribution in [0.2, 0.25) is 0 Å². The maximum atomic E-state index is 13.6. The van der Waals surface area contributed by atoms with Gasteiger partial charge in [-0.05, 0) is 64.9 Å². The number of sulfonamides is 1. The standard InChI is InChI=1S/C45H49N3O7S/c1-32-10-20-41(21-11-32)56(51,52)47-42(27-33-6-3-2-4-7-33)44(50)46-29-35-8-5-9-39(26-35)36-16-18-38(19-17-36)45-54-40(30-48-22-24-53-25-23-48)28-43(55-45)37-14-12-34(31-49)13-15-37/h2-21,26,40,42-43,45,47,49H,22-25,27-31H2,1H3,(H,46,50)/t40-,42+,43+,45+/m0/s1. The van der Waals surface area contributed by atoms with E-state index in [2.05, 4.69) is 14.9 Å². The number of nitrogens with zero attached hydrogens (tertiary/aromatic N) is 1. The van der Waals surface area contributed by atoms with Crippen molar-refractivity contribution in [1.29, 1.82) is 0 Å². The fourth-order valence-electron chi connectivity index (χ4n) is 7.12. The number of aryl methyl sites for hydroxylation is 1. The summed E-state index contributed by atoms with van der Waals surface area (Å²) in [7, 11) is -3.95. The van der Waals surface area contributed by atoms with Gasteiger partial charge in [-0.3, -0.25) is 9.69 Å². The first kappa shape index (κ1) is 39.5. The van der Waals surface area contributed by atoms with Gasteiger partial charge in [-0.15, -0.1) is 0 Å². The quantitative estimate of drug-likeness (QED) is 0.121. The minimum absolute atomic E-state index is 0.00476. The van der Waals surface area contributed by atoms with Crippen molar-refractivity contribution >= 4 is 15.9 Å². The lowest BCUT2D eigenvalue weighted by Crippen LogP contribution is -2.47. The van der Waals surface area contributed by atoms with Crippen molar-refractivity contribution in [3.63, 3.8) is 0 Å². The fraction of sp³-hybridized carbons (Fsp3) is 0.311. The Labute approximate surface area is 329 Å². The molecule has 0 bridgehead atoms. The van der Waals surface area contributed by atoms with Crippen molar-refractivity contribution in [2.45, 2.75) is 62.4 Å². The smallest absolute Gasteiger partial charge is 0.241 e. The number of carbonyl (C=O) groups excluding carboxylic acids is 1. The highest BCUT2D eigenvalue weighted by atomic mass is 32.2. The van der Waals surface area contributed by atoms with Crippen molar-refractivity contribution in [1.82, 2.24) is 14.9 Å². The van der Waals surface area contributed by atoms with Gasteiger partial charge in [0.1, 0.15) is 6.04 Å². The van der Waals surface area contributed by atoms with Crippen LogP contribution >= 0.6 is 0 Å². The number of aliphatic hydroxyl groups excluding tert-OH is 1. The second kappa shape index (κ2) is 18.5. The third kappa shape index (κ3) is 10.4. The highest BCUT2D eigenvalue weighted by Crippen LogP contribution is 2.39. The number of morpholine rings is 1. The Bertz CT molecular complexity index is 2140. The molecule has 5 aromatic rings. The van der Waals surface area contributed by atoms with Gasteiger partial charge in [0.2, 0.25) is 15.9 Å². The number of hydrogen-bond donors (Lipinski definition) is 3. The normalized spacial score (nSPS) is 19.6. The second-order valence-electron chi connectivity index (χ2n) is 14.5. The van der Waals surface area contributed by atoms with E-state index in [0.717, 1.165) is 83.8 Å². The Morgan fingerprint density at radius 2 is 1.48 bits per heavy atom. The maximum absolute atomic E-state index is 13.6. The summed E-state index contributed by atoms with van der Waals surface area (Å²) in [6, 6.07) is 38.9. The van der Waals surface area contributed by atoms with Crippen molar-refractivity contribution in [3.8, 4) is 11.1 Å². The van der Waals surface area contributed by atoms with Gasteiger partial charge in [-0.1, -0.05) is 115 Å². The lowest BCUT2D eigenvalue weighted by atomic mass is 9.99. The van der Waals surface area contributed by atoms with Crippen molar-refractivity contribution in [2.75, 3.05) is 32.8 Å². The molecule has 292 valence electrons. The van der Waals surface area contributed by atoms with Crippen LogP contribution in [0.1, 0.15) is 52.2 Å². The monoisotopic (exact) mass is 775 g/mol. The summed E-state index contributed by atoms with van der Waals surface area (Å²) in [4.78, 5) is 16.1. The molecule has 2 saturated heterocycles. The Balaban J connectivity index is 1.03. The highest BCUT2D eigenvalue weighted by molar-refractivity contribution is 7.89. The summed E-state index contributed by atoms with van der Waals surface area (Å²) in [6.07, 6.45) is 0.165. The van der Waals surface area contributed by atoms with E-state index in [1.807, 2.05) is 110 Å². The van der Waals surface area contributed by atoms with Gasteiger partial charge in [0.25, 0.3) is 0 Å². The van der Waals surface area contributed by atoms with Crippen LogP contribution in [0.15, 0.2) is 132 Å². The Morgan fingerprint density at radius 3 is 2.20 bits per heavy atom. The molecule has 1 amide bonds. The van der Waals surface area contributed by atoms with E-state index in [1.54, 1.807) is 24.3 Å². The molecule has 56 heavy (non-hydrogen) atoms. The highest BCUT2D eigenvalue weighted by Gasteiger charge is 2.33. The fourth-order valence-corrected chi connectivity index (χ4v) is 8.32. The molecule has 0 saturated carbocycles. The molecule has 11 heteroatoms. The molecule has 7 rings (SSSR count). The zero-order chi connectivity index (χ0) is 38.9. The number of rotatable bonds is 14. The van der Waals surface area contributed by atoms with E-state index in [4.69, 9.17) is 14.2 Å². The molecule has 5 aromatic carbocycles. The molecule has 0 unspecified atom stereocenters. The molecule has 2 heterocycles. The van der Waals surface area contributed by atoms with Crippen LogP contribution in [0.4, 0.5) is 0 Å². The zero-order valence-electron chi connectivity index (χ0n) is 31.5. The van der Waals surface area contributed by atoms with Crippen LogP contribution in [-0.4, -0.2) is 69.3 Å². The van der Waals surface area contributed by atoms with Crippen LogP contribution in [0.25, 0.3) is 11.1 Å². The minimum Gasteiger partial charge on any atom is -0.392 e. The molecule has 2 fully saturated rings. The molecule has 0 radical (unpaired) electrons. The lowest BCUT2D eigenvalue weighted by Gasteiger charge is -2.39. The molecule has 2 aliphatic heterocycles. The van der Waals surface area contributed by atoms with E-state index in [-0.39, 0.29) is 36.7 Å². The average Bonchev–Trinajstić information content (AvgIpc) is 3.23. The molecular formula is C45H49N3O7S. The first-order valence-electron chi connectivity index (χ1n) is 19.1. The van der Waals surface area contributed by atoms with Gasteiger partial charge in [0.05, 0.1) is 36.9 Å². The van der Waals surface area contributed by atoms with E-state index in [9.17, 15) is 18.3 Å². The zero-order valence-corrected chi connectivity index (χ0v) is 32.4. The average molecular weight is 776 g/mol. The molecule has 0 aliphatic carbocycles. The van der Waals surface area contributed by atoms with Crippen LogP contribution in [0.3, 0.4) is 0 Å². The molecule has 3 N–H and O–H groups in total. The predicted molar refractivity (Wildman–Crippen MR) is 215 cm³/mol. The van der Waals surface area contributed by atoms with Crippen molar-refractivity contribution < 1.29 is 32.5 Å². The number of amides is 1. The second-order valence-corrected chi connectivity index (χ2v) is 16.2. The van der Waals surface area contributed by atoms with Gasteiger partial charge < -0.3 is 24.6 Å². The minimum atomic E-state index is -3.95. The van der Waals surface area contributed by atoms with E-state index < -0.39 is 28.3 Å². The summed E-state index contributed by atoms with van der Waals surface area (Å²) in [6.45, 7) is 6.09. The molecule has 2 aliphatic rings. The molecule has 0 aromatic heterocycles. The number of ether oxygens (including phenoxy) is 3. The summed E-state index contributed by atoms with van der Waals surface area (Å²) in [5.41, 5.74) is 7.45. The number of hydrogen-bond acceptors (Lipinski definition) is 8. The third-order valence-corrected chi connectivity index (χ3v) is 11.8. The SMILES string of the molecule is Cc1ccc(S(=O)(=O)N[C@H](Cc2ccccc2)C(=O)NCc2cccc(-c3ccc([C@@H]4O[C@H](CN5CCOCC5)C[C@H](c5ccc(CO)cc5)O4)cc3)c2)cc1. The number of nitrogens with one attached hydrogen (secondary N) is 2. The van der Waals surface area contributed by atoms with Gasteiger partial charge in [-0.2, -0.15) is 4.72 Å². The summed E-state index contributed by atoms with van der Waals surface area (Å²) < 4.78 is 48.0. The van der Waals surface area contributed by atoms with Crippen LogP contribution < -0.4 is 10.0 Å². The Kier molecular flexibility index (Phi) is 13.0. The molecular weight excluding hydrogens is 727 g/mol. The summed E-state index contributed by atoms with van der Waals surface area (Å²) in [5, 5.41) is 12.5. The predicted octanol–water partition coefficient (Wildman–Crippen LogP) is 6.24. The molecule has 4 atom stereocenters. The number of benzene rings is 5. The third-order valence-electron chi connectivity index (χ3n) is 10.3. The van der Waals surface area contributed by atoms with Crippen LogP contribution in [0, 0.1) is 6.92 Å². The van der Waals surface area contributed by atoms with E-state index in [0.29, 0.717) is 0 Å². The first-order valence-corrected chi connectivity index (χ1v) is 20.6.